The molecular weight excluding hydrogens is 491 g/mol. The minimum Gasteiger partial charge on any atom is -0.143 e. The molecule has 0 nitrogen and oxygen atoms in total. The number of thiophene rings is 3. The van der Waals surface area contributed by atoms with Gasteiger partial charge in [0.25, 0.3) is 0 Å². The van der Waals surface area contributed by atoms with Crippen LogP contribution in [0.3, 0.4) is 0 Å². The molecule has 4 heterocycles. The van der Waals surface area contributed by atoms with Gasteiger partial charge in [-0.15, -0.1) is 34.0 Å². The number of hydrogen-bond acceptors (Lipinski definition) is 3. The van der Waals surface area contributed by atoms with Gasteiger partial charge in [-0.1, -0.05) is 90.6 Å². The SMILES string of the molecule is CB1c2cc(-c3ccc(C4=CC=CC4)s3)ccc2C=Cc2ccc(-c3ccc(-c4cccs4)s3)cc21. The Morgan fingerprint density at radius 1 is 0.667 bits per heavy atom. The molecule has 2 aromatic carbocycles. The van der Waals surface area contributed by atoms with Crippen molar-refractivity contribution in [1.29, 1.82) is 0 Å². The standard InChI is InChI=1S/C32H23BS3/c1-33-26-19-24(29-15-14-28(35-29)23-5-2-3-6-23)12-10-21(26)8-9-22-11-13-25(20-27(22)33)30-16-17-32(36-30)31-7-4-18-34-31/h2-5,7-20H,6H2,1H3. The molecule has 0 fully saturated rings. The van der Waals surface area contributed by atoms with Crippen LogP contribution in [0, 0.1) is 0 Å². The van der Waals surface area contributed by atoms with E-state index in [4.69, 9.17) is 0 Å². The molecule has 0 saturated carbocycles. The van der Waals surface area contributed by atoms with Crippen LogP contribution >= 0.6 is 34.0 Å². The van der Waals surface area contributed by atoms with Gasteiger partial charge >= 0.3 is 0 Å². The molecule has 0 radical (unpaired) electrons. The maximum Gasteiger partial charge on any atom is 0.207 e. The Bertz CT molecular complexity index is 1670. The highest BCUT2D eigenvalue weighted by Gasteiger charge is 2.23. The first-order valence-corrected chi connectivity index (χ1v) is 14.8. The normalized spacial score (nSPS) is 14.0. The van der Waals surface area contributed by atoms with Crippen LogP contribution in [-0.2, 0) is 0 Å². The van der Waals surface area contributed by atoms with Crippen molar-refractivity contribution < 1.29 is 0 Å². The lowest BCUT2D eigenvalue weighted by molar-refractivity contribution is 1.47. The van der Waals surface area contributed by atoms with Crippen LogP contribution in [0.1, 0.15) is 22.4 Å². The van der Waals surface area contributed by atoms with Crippen LogP contribution in [0.25, 0.3) is 48.4 Å². The molecule has 2 aliphatic rings. The van der Waals surface area contributed by atoms with Gasteiger partial charge in [0.05, 0.1) is 0 Å². The molecule has 0 bridgehead atoms. The minimum absolute atomic E-state index is 0.322. The Balaban J connectivity index is 1.24. The summed E-state index contributed by atoms with van der Waals surface area (Å²) in [6.07, 6.45) is 12.3. The third-order valence-electron chi connectivity index (χ3n) is 7.18. The van der Waals surface area contributed by atoms with Crippen molar-refractivity contribution in [3.05, 3.63) is 112 Å². The Hall–Kier alpha value is -3.18. The molecule has 3 aromatic heterocycles. The van der Waals surface area contributed by atoms with Gasteiger partial charge in [0.1, 0.15) is 0 Å². The van der Waals surface area contributed by atoms with Gasteiger partial charge in [-0.3, -0.25) is 0 Å². The molecule has 0 atom stereocenters. The number of fused-ring (bicyclic) bond motifs is 2. The highest BCUT2D eigenvalue weighted by molar-refractivity contribution is 7.23. The number of hydrogen-bond donors (Lipinski definition) is 0. The molecule has 172 valence electrons. The zero-order valence-corrected chi connectivity index (χ0v) is 22.4. The highest BCUT2D eigenvalue weighted by atomic mass is 32.1. The molecule has 5 aromatic rings. The van der Waals surface area contributed by atoms with Gasteiger partial charge in [-0.2, -0.15) is 0 Å². The van der Waals surface area contributed by atoms with Crippen molar-refractivity contribution in [1.82, 2.24) is 0 Å². The van der Waals surface area contributed by atoms with E-state index >= 15 is 0 Å². The summed E-state index contributed by atoms with van der Waals surface area (Å²) in [5.41, 5.74) is 9.49. The lowest BCUT2D eigenvalue weighted by Gasteiger charge is -2.15. The molecule has 0 unspecified atom stereocenters. The first-order chi connectivity index (χ1) is 17.7. The molecule has 0 N–H and O–H groups in total. The van der Waals surface area contributed by atoms with Crippen molar-refractivity contribution in [2.75, 3.05) is 0 Å². The summed E-state index contributed by atoms with van der Waals surface area (Å²) in [5, 5.41) is 2.15. The van der Waals surface area contributed by atoms with E-state index in [-0.39, 0.29) is 0 Å². The van der Waals surface area contributed by atoms with Crippen LogP contribution in [0.5, 0.6) is 0 Å². The molecule has 4 heteroatoms. The maximum atomic E-state index is 2.42. The van der Waals surface area contributed by atoms with E-state index in [1.807, 2.05) is 22.7 Å². The van der Waals surface area contributed by atoms with Gasteiger partial charge in [-0.05, 0) is 70.0 Å². The summed E-state index contributed by atoms with van der Waals surface area (Å²) in [4.78, 5) is 6.74. The Kier molecular flexibility index (Phi) is 5.54. The zero-order valence-electron chi connectivity index (χ0n) is 19.9. The third-order valence-corrected chi connectivity index (χ3v) is 10.6. The van der Waals surface area contributed by atoms with Gasteiger partial charge in [0.2, 0.25) is 6.71 Å². The fourth-order valence-electron chi connectivity index (χ4n) is 5.20. The fourth-order valence-corrected chi connectivity index (χ4v) is 8.07. The second kappa shape index (κ2) is 9.04. The summed E-state index contributed by atoms with van der Waals surface area (Å²) >= 11 is 5.59. The topological polar surface area (TPSA) is 0 Å². The predicted octanol–water partition coefficient (Wildman–Crippen LogP) is 8.94. The minimum atomic E-state index is 0.322. The lowest BCUT2D eigenvalue weighted by Crippen LogP contribution is -2.41. The smallest absolute Gasteiger partial charge is 0.143 e. The fraction of sp³-hybridized carbons (Fsp3) is 0.0625. The van der Waals surface area contributed by atoms with Crippen LogP contribution in [-0.4, -0.2) is 6.71 Å². The quantitative estimate of drug-likeness (QED) is 0.210. The number of allylic oxidation sites excluding steroid dienone is 4. The Morgan fingerprint density at radius 3 is 1.92 bits per heavy atom. The van der Waals surface area contributed by atoms with E-state index in [0.717, 1.165) is 6.42 Å². The number of benzene rings is 2. The summed E-state index contributed by atoms with van der Waals surface area (Å²) in [6, 6.07) is 27.4. The summed E-state index contributed by atoms with van der Waals surface area (Å²) in [7, 11) is 0. The van der Waals surface area contributed by atoms with E-state index in [0.29, 0.717) is 6.71 Å². The van der Waals surface area contributed by atoms with Gasteiger partial charge < -0.3 is 0 Å². The van der Waals surface area contributed by atoms with E-state index in [2.05, 4.69) is 115 Å². The zero-order chi connectivity index (χ0) is 24.1. The average molecular weight is 515 g/mol. The summed E-state index contributed by atoms with van der Waals surface area (Å²) < 4.78 is 0. The van der Waals surface area contributed by atoms with E-state index in [1.54, 1.807) is 11.3 Å². The molecule has 0 spiro atoms. The predicted molar refractivity (Wildman–Crippen MR) is 164 cm³/mol. The molecule has 1 aliphatic heterocycles. The summed E-state index contributed by atoms with van der Waals surface area (Å²) in [6.45, 7) is 2.68. The van der Waals surface area contributed by atoms with Gasteiger partial charge in [-0.25, -0.2) is 0 Å². The second-order valence-corrected chi connectivity index (χ2v) is 12.5. The molecule has 7 rings (SSSR count). The highest BCUT2D eigenvalue weighted by Crippen LogP contribution is 2.37. The molecule has 36 heavy (non-hydrogen) atoms. The number of rotatable bonds is 4. The van der Waals surface area contributed by atoms with Crippen LogP contribution in [0.2, 0.25) is 6.82 Å². The van der Waals surface area contributed by atoms with Crippen LogP contribution < -0.4 is 10.9 Å². The maximum absolute atomic E-state index is 2.42. The molecule has 0 saturated heterocycles. The van der Waals surface area contributed by atoms with Crippen molar-refractivity contribution in [2.24, 2.45) is 0 Å². The average Bonchev–Trinajstić information content (AvgIpc) is 3.72. The molecule has 0 amide bonds. The molecular formula is C32H23BS3. The van der Waals surface area contributed by atoms with Crippen molar-refractivity contribution in [2.45, 2.75) is 13.2 Å². The first-order valence-electron chi connectivity index (χ1n) is 12.3. The van der Waals surface area contributed by atoms with Gasteiger partial charge in [0, 0.05) is 24.4 Å². The summed E-state index contributed by atoms with van der Waals surface area (Å²) in [5.74, 6) is 0. The van der Waals surface area contributed by atoms with Crippen molar-refractivity contribution in [3.8, 4) is 30.6 Å². The Labute approximate surface area is 224 Å². The largest absolute Gasteiger partial charge is 0.207 e. The van der Waals surface area contributed by atoms with Crippen LogP contribution in [0.15, 0.2) is 96.4 Å². The van der Waals surface area contributed by atoms with Crippen LogP contribution in [0.4, 0.5) is 0 Å². The van der Waals surface area contributed by atoms with E-state index in [9.17, 15) is 0 Å². The Morgan fingerprint density at radius 2 is 1.31 bits per heavy atom. The van der Waals surface area contributed by atoms with Crippen molar-refractivity contribution >= 4 is 69.4 Å². The van der Waals surface area contributed by atoms with Crippen molar-refractivity contribution in [3.63, 3.8) is 0 Å². The first kappa shape index (κ1) is 22.1. The lowest BCUT2D eigenvalue weighted by atomic mass is 9.41. The second-order valence-electron chi connectivity index (χ2n) is 9.37. The van der Waals surface area contributed by atoms with E-state index < -0.39 is 0 Å². The third kappa shape index (κ3) is 3.90. The molecule has 1 aliphatic carbocycles. The van der Waals surface area contributed by atoms with Gasteiger partial charge in [0.15, 0.2) is 0 Å². The monoisotopic (exact) mass is 514 g/mol. The van der Waals surface area contributed by atoms with E-state index in [1.165, 1.54) is 63.1 Å².